The monoisotopic (exact) mass is 512 g/mol. The third-order valence-electron chi connectivity index (χ3n) is 6.07. The van der Waals surface area contributed by atoms with Crippen LogP contribution in [0.1, 0.15) is 119 Å². The number of rotatable bonds is 21. The Morgan fingerprint density at radius 2 is 0.806 bits per heavy atom. The van der Waals surface area contributed by atoms with Gasteiger partial charge in [-0.25, -0.2) is 0 Å². The number of unbranched alkanes of at least 4 members (excludes halogenated alkanes) is 5. The molecule has 0 spiro atoms. The Bertz CT molecular complexity index is 570. The van der Waals surface area contributed by atoms with Crippen LogP contribution in [-0.4, -0.2) is 71.9 Å². The van der Waals surface area contributed by atoms with Crippen molar-refractivity contribution in [2.45, 2.75) is 131 Å². The van der Waals surface area contributed by atoms with Gasteiger partial charge in [0.15, 0.2) is 12.2 Å². The van der Waals surface area contributed by atoms with Crippen LogP contribution in [0, 0.1) is 0 Å². The maximum Gasteiger partial charge on any atom is 0.306 e. The van der Waals surface area contributed by atoms with Gasteiger partial charge >= 0.3 is 11.9 Å². The highest BCUT2D eigenvalue weighted by Gasteiger charge is 2.24. The lowest BCUT2D eigenvalue weighted by Gasteiger charge is -2.25. The highest BCUT2D eigenvalue weighted by atomic mass is 16.6. The van der Waals surface area contributed by atoms with Gasteiger partial charge in [0, 0.05) is 39.0 Å². The van der Waals surface area contributed by atoms with Crippen molar-refractivity contribution in [3.8, 4) is 0 Å². The van der Waals surface area contributed by atoms with Crippen molar-refractivity contribution >= 4 is 23.8 Å². The van der Waals surface area contributed by atoms with E-state index < -0.39 is 24.1 Å². The highest BCUT2D eigenvalue weighted by molar-refractivity contribution is 5.84. The van der Waals surface area contributed by atoms with Crippen molar-refractivity contribution in [2.75, 3.05) is 26.2 Å². The van der Waals surface area contributed by atoms with E-state index in [4.69, 9.17) is 9.47 Å². The maximum absolute atomic E-state index is 12.7. The molecule has 0 radical (unpaired) electrons. The van der Waals surface area contributed by atoms with E-state index in [1.165, 1.54) is 0 Å². The zero-order valence-electron chi connectivity index (χ0n) is 23.8. The van der Waals surface area contributed by atoms with E-state index in [0.29, 0.717) is 39.0 Å². The number of carbonyl (C=O) groups excluding carboxylic acids is 4. The predicted octanol–water partition coefficient (Wildman–Crippen LogP) is 5.27. The van der Waals surface area contributed by atoms with Gasteiger partial charge < -0.3 is 19.3 Å². The summed E-state index contributed by atoms with van der Waals surface area (Å²) in [6, 6.07) is 0. The summed E-state index contributed by atoms with van der Waals surface area (Å²) in [5.74, 6) is -1.19. The van der Waals surface area contributed by atoms with E-state index in [2.05, 4.69) is 27.7 Å². The van der Waals surface area contributed by atoms with E-state index >= 15 is 0 Å². The molecule has 0 aliphatic carbocycles. The third kappa shape index (κ3) is 15.1. The molecular formula is C28H52N2O6. The second-order valence-corrected chi connectivity index (χ2v) is 9.54. The van der Waals surface area contributed by atoms with Crippen LogP contribution in [0.5, 0.6) is 0 Å². The Labute approximate surface area is 219 Å². The summed E-state index contributed by atoms with van der Waals surface area (Å²) < 4.78 is 10.7. The van der Waals surface area contributed by atoms with Crippen LogP contribution in [-0.2, 0) is 28.7 Å². The summed E-state index contributed by atoms with van der Waals surface area (Å²) in [6.45, 7) is 14.3. The van der Waals surface area contributed by atoms with Crippen LogP contribution >= 0.6 is 0 Å². The van der Waals surface area contributed by atoms with E-state index in [0.717, 1.165) is 51.4 Å². The highest BCUT2D eigenvalue weighted by Crippen LogP contribution is 2.10. The normalized spacial score (nSPS) is 12.5. The minimum Gasteiger partial charge on any atom is -0.453 e. The first-order valence-corrected chi connectivity index (χ1v) is 14.2. The smallest absolute Gasteiger partial charge is 0.306 e. The van der Waals surface area contributed by atoms with Gasteiger partial charge in [0.25, 0.3) is 11.8 Å². The Hall–Kier alpha value is -2.12. The molecule has 0 aromatic carbocycles. The molecule has 2 atom stereocenters. The van der Waals surface area contributed by atoms with Crippen LogP contribution in [0.25, 0.3) is 0 Å². The molecule has 0 saturated heterocycles. The molecule has 0 aliphatic heterocycles. The first-order chi connectivity index (χ1) is 17.2. The molecule has 2 amide bonds. The van der Waals surface area contributed by atoms with Gasteiger partial charge in [0.1, 0.15) is 0 Å². The second kappa shape index (κ2) is 21.0. The van der Waals surface area contributed by atoms with Gasteiger partial charge in [-0.15, -0.1) is 0 Å². The summed E-state index contributed by atoms with van der Waals surface area (Å²) >= 11 is 0. The fourth-order valence-corrected chi connectivity index (χ4v) is 3.73. The standard InChI is InChI=1S/C28H52N2O6/c1-7-11-19-29(20-12-8-2)27(33)23(5)35-25(31)17-15-16-18-26(32)36-24(6)28(34)30(21-13-9-3)22-14-10-4/h23-24H,7-22H2,1-6H3. The fraction of sp³-hybridized carbons (Fsp3) is 0.857. The summed E-state index contributed by atoms with van der Waals surface area (Å²) in [5.41, 5.74) is 0. The molecule has 2 unspecified atom stereocenters. The average molecular weight is 513 g/mol. The van der Waals surface area contributed by atoms with Crippen molar-refractivity contribution in [3.63, 3.8) is 0 Å². The summed E-state index contributed by atoms with van der Waals surface area (Å²) in [7, 11) is 0. The van der Waals surface area contributed by atoms with Crippen molar-refractivity contribution in [3.05, 3.63) is 0 Å². The molecule has 0 N–H and O–H groups in total. The molecule has 0 saturated carbocycles. The minimum atomic E-state index is -0.814. The Balaban J connectivity index is 4.41. The molecule has 0 rings (SSSR count). The number of amides is 2. The topological polar surface area (TPSA) is 93.2 Å². The van der Waals surface area contributed by atoms with Crippen LogP contribution < -0.4 is 0 Å². The van der Waals surface area contributed by atoms with Crippen LogP contribution in [0.2, 0.25) is 0 Å². The van der Waals surface area contributed by atoms with Gasteiger partial charge in [-0.2, -0.15) is 0 Å². The molecule has 210 valence electrons. The lowest BCUT2D eigenvalue weighted by molar-refractivity contribution is -0.160. The molecule has 0 fully saturated rings. The molecule has 0 aliphatic rings. The SMILES string of the molecule is CCCCN(CCCC)C(=O)C(C)OC(=O)CCCCC(=O)OC(C)C(=O)N(CCCC)CCCC. The largest absolute Gasteiger partial charge is 0.453 e. The summed E-state index contributed by atoms with van der Waals surface area (Å²) in [5, 5.41) is 0. The summed E-state index contributed by atoms with van der Waals surface area (Å²) in [4.78, 5) is 53.4. The number of esters is 2. The van der Waals surface area contributed by atoms with E-state index in [9.17, 15) is 19.2 Å². The molecular weight excluding hydrogens is 460 g/mol. The Morgan fingerprint density at radius 3 is 1.06 bits per heavy atom. The molecule has 36 heavy (non-hydrogen) atoms. The fourth-order valence-electron chi connectivity index (χ4n) is 3.73. The number of ether oxygens (including phenoxy) is 2. The van der Waals surface area contributed by atoms with Crippen LogP contribution in [0.3, 0.4) is 0 Å². The third-order valence-corrected chi connectivity index (χ3v) is 6.07. The van der Waals surface area contributed by atoms with E-state index in [1.54, 1.807) is 23.6 Å². The zero-order valence-corrected chi connectivity index (χ0v) is 23.8. The minimum absolute atomic E-state index is 0.130. The van der Waals surface area contributed by atoms with Gasteiger partial charge in [-0.1, -0.05) is 53.4 Å². The molecule has 8 heteroatoms. The Morgan fingerprint density at radius 1 is 0.528 bits per heavy atom. The molecule has 8 nitrogen and oxygen atoms in total. The van der Waals surface area contributed by atoms with Crippen molar-refractivity contribution in [1.29, 1.82) is 0 Å². The lowest BCUT2D eigenvalue weighted by atomic mass is 10.2. The number of nitrogens with zero attached hydrogens (tertiary/aromatic N) is 2. The summed E-state index contributed by atoms with van der Waals surface area (Å²) in [6.07, 6.45) is 7.21. The Kier molecular flexibility index (Phi) is 19.8. The number of carbonyl (C=O) groups is 4. The molecule has 0 bridgehead atoms. The zero-order chi connectivity index (χ0) is 27.3. The van der Waals surface area contributed by atoms with Gasteiger partial charge in [0.2, 0.25) is 0 Å². The first kappa shape index (κ1) is 33.9. The van der Waals surface area contributed by atoms with Crippen molar-refractivity contribution < 1.29 is 28.7 Å². The molecule has 0 aromatic rings. The van der Waals surface area contributed by atoms with Gasteiger partial charge in [0.05, 0.1) is 0 Å². The number of hydrogen-bond acceptors (Lipinski definition) is 6. The molecule has 0 aromatic heterocycles. The van der Waals surface area contributed by atoms with E-state index in [-0.39, 0.29) is 24.7 Å². The number of hydrogen-bond donors (Lipinski definition) is 0. The maximum atomic E-state index is 12.7. The predicted molar refractivity (Wildman–Crippen MR) is 142 cm³/mol. The van der Waals surface area contributed by atoms with Crippen LogP contribution in [0.4, 0.5) is 0 Å². The lowest BCUT2D eigenvalue weighted by Crippen LogP contribution is -2.41. The first-order valence-electron chi connectivity index (χ1n) is 14.2. The van der Waals surface area contributed by atoms with Crippen molar-refractivity contribution in [1.82, 2.24) is 9.80 Å². The van der Waals surface area contributed by atoms with Gasteiger partial charge in [-0.3, -0.25) is 19.2 Å². The average Bonchev–Trinajstić information content (AvgIpc) is 2.86. The molecule has 0 heterocycles. The van der Waals surface area contributed by atoms with Crippen LogP contribution in [0.15, 0.2) is 0 Å². The quantitative estimate of drug-likeness (QED) is 0.154. The van der Waals surface area contributed by atoms with Crippen molar-refractivity contribution in [2.24, 2.45) is 0 Å². The van der Waals surface area contributed by atoms with E-state index in [1.807, 2.05) is 0 Å². The second-order valence-electron chi connectivity index (χ2n) is 9.54. The van der Waals surface area contributed by atoms with Gasteiger partial charge in [-0.05, 0) is 52.4 Å².